The Labute approximate surface area is 107 Å². The summed E-state index contributed by atoms with van der Waals surface area (Å²) in [6.45, 7) is 4.30. The summed E-state index contributed by atoms with van der Waals surface area (Å²) in [5.74, 6) is 1.31. The number of carbonyl (C=O) groups excluding carboxylic acids is 1. The minimum atomic E-state index is -0.327. The highest BCUT2D eigenvalue weighted by atomic mass is 16.5. The van der Waals surface area contributed by atoms with Crippen molar-refractivity contribution in [3.8, 4) is 11.5 Å². The highest BCUT2D eigenvalue weighted by molar-refractivity contribution is 5.84. The van der Waals surface area contributed by atoms with E-state index >= 15 is 0 Å². The maximum atomic E-state index is 11.6. The summed E-state index contributed by atoms with van der Waals surface area (Å²) in [7, 11) is 3.18. The summed E-state index contributed by atoms with van der Waals surface area (Å²) in [5.41, 5.74) is 0.761. The molecular weight excluding hydrogens is 232 g/mol. The summed E-state index contributed by atoms with van der Waals surface area (Å²) < 4.78 is 10.4. The minimum absolute atomic E-state index is 0.0460. The predicted molar refractivity (Wildman–Crippen MR) is 71.3 cm³/mol. The SMILES string of the molecule is CCNC(=O)[C@@H](C)Nc1ccc(OC)cc1OC. The van der Waals surface area contributed by atoms with Gasteiger partial charge < -0.3 is 20.1 Å². The Bertz CT molecular complexity index is 407. The Kier molecular flexibility index (Phi) is 5.30. The molecule has 2 N–H and O–H groups in total. The van der Waals surface area contributed by atoms with Crippen molar-refractivity contribution in [2.24, 2.45) is 0 Å². The highest BCUT2D eigenvalue weighted by Crippen LogP contribution is 2.29. The highest BCUT2D eigenvalue weighted by Gasteiger charge is 2.14. The lowest BCUT2D eigenvalue weighted by atomic mass is 10.2. The Balaban J connectivity index is 2.80. The molecule has 0 fully saturated rings. The van der Waals surface area contributed by atoms with E-state index in [2.05, 4.69) is 10.6 Å². The number of hydrogen-bond donors (Lipinski definition) is 2. The second-order valence-electron chi connectivity index (χ2n) is 3.83. The summed E-state index contributed by atoms with van der Waals surface area (Å²) >= 11 is 0. The summed E-state index contributed by atoms with van der Waals surface area (Å²) in [6.07, 6.45) is 0. The Morgan fingerprint density at radius 2 is 2.06 bits per heavy atom. The normalized spacial score (nSPS) is 11.6. The molecule has 0 radical (unpaired) electrons. The molecule has 0 heterocycles. The average molecular weight is 252 g/mol. The summed E-state index contributed by atoms with van der Waals surface area (Å²) in [4.78, 5) is 11.6. The van der Waals surface area contributed by atoms with Gasteiger partial charge in [-0.25, -0.2) is 0 Å². The van der Waals surface area contributed by atoms with Gasteiger partial charge in [0.05, 0.1) is 19.9 Å². The van der Waals surface area contributed by atoms with Crippen molar-refractivity contribution >= 4 is 11.6 Å². The quantitative estimate of drug-likeness (QED) is 0.808. The van der Waals surface area contributed by atoms with Crippen LogP contribution in [-0.4, -0.2) is 32.7 Å². The second kappa shape index (κ2) is 6.74. The van der Waals surface area contributed by atoms with E-state index in [1.54, 1.807) is 27.2 Å². The fourth-order valence-electron chi connectivity index (χ4n) is 1.54. The smallest absolute Gasteiger partial charge is 0.242 e. The number of carbonyl (C=O) groups is 1. The number of likely N-dealkylation sites (N-methyl/N-ethyl adjacent to an activating group) is 1. The van der Waals surface area contributed by atoms with Crippen molar-refractivity contribution in [1.29, 1.82) is 0 Å². The molecule has 0 aliphatic heterocycles. The van der Waals surface area contributed by atoms with Crippen molar-refractivity contribution in [1.82, 2.24) is 5.32 Å². The van der Waals surface area contributed by atoms with Gasteiger partial charge in [0.2, 0.25) is 5.91 Å². The molecule has 1 aromatic rings. The largest absolute Gasteiger partial charge is 0.497 e. The first-order chi connectivity index (χ1) is 8.62. The Morgan fingerprint density at radius 3 is 2.61 bits per heavy atom. The van der Waals surface area contributed by atoms with Crippen molar-refractivity contribution in [3.63, 3.8) is 0 Å². The number of methoxy groups -OCH3 is 2. The lowest BCUT2D eigenvalue weighted by Gasteiger charge is -2.17. The molecule has 5 heteroatoms. The van der Waals surface area contributed by atoms with Crippen LogP contribution in [0.4, 0.5) is 5.69 Å². The standard InChI is InChI=1S/C13H20N2O3/c1-5-14-13(16)9(2)15-11-7-6-10(17-3)8-12(11)18-4/h6-9,15H,5H2,1-4H3,(H,14,16)/t9-/m1/s1. The van der Waals surface area contributed by atoms with Gasteiger partial charge in [0.25, 0.3) is 0 Å². The van der Waals surface area contributed by atoms with Crippen LogP contribution in [0.1, 0.15) is 13.8 Å². The molecule has 0 aromatic heterocycles. The van der Waals surface area contributed by atoms with E-state index in [4.69, 9.17) is 9.47 Å². The van der Waals surface area contributed by atoms with Gasteiger partial charge in [0, 0.05) is 12.6 Å². The summed E-state index contributed by atoms with van der Waals surface area (Å²) in [5, 5.41) is 5.86. The first-order valence-corrected chi connectivity index (χ1v) is 5.88. The number of benzene rings is 1. The molecule has 100 valence electrons. The second-order valence-corrected chi connectivity index (χ2v) is 3.83. The summed E-state index contributed by atoms with van der Waals surface area (Å²) in [6, 6.07) is 5.09. The number of rotatable bonds is 6. The molecule has 0 spiro atoms. The lowest BCUT2D eigenvalue weighted by molar-refractivity contribution is -0.121. The molecule has 5 nitrogen and oxygen atoms in total. The van der Waals surface area contributed by atoms with Gasteiger partial charge in [0.1, 0.15) is 17.5 Å². The number of nitrogens with one attached hydrogen (secondary N) is 2. The Morgan fingerprint density at radius 1 is 1.33 bits per heavy atom. The fourth-order valence-corrected chi connectivity index (χ4v) is 1.54. The Hall–Kier alpha value is -1.91. The van der Waals surface area contributed by atoms with E-state index in [1.807, 2.05) is 19.1 Å². The van der Waals surface area contributed by atoms with E-state index < -0.39 is 0 Å². The van der Waals surface area contributed by atoms with Crippen LogP contribution in [0.15, 0.2) is 18.2 Å². The van der Waals surface area contributed by atoms with Crippen LogP contribution in [0.3, 0.4) is 0 Å². The number of anilines is 1. The third-order valence-corrected chi connectivity index (χ3v) is 2.52. The van der Waals surface area contributed by atoms with E-state index in [9.17, 15) is 4.79 Å². The van der Waals surface area contributed by atoms with Crippen LogP contribution < -0.4 is 20.1 Å². The first kappa shape index (κ1) is 14.2. The van der Waals surface area contributed by atoms with Gasteiger partial charge in [-0.15, -0.1) is 0 Å². The molecule has 0 unspecified atom stereocenters. The van der Waals surface area contributed by atoms with E-state index in [0.29, 0.717) is 18.0 Å². The number of amides is 1. The topological polar surface area (TPSA) is 59.6 Å². The van der Waals surface area contributed by atoms with Crippen molar-refractivity contribution < 1.29 is 14.3 Å². The monoisotopic (exact) mass is 252 g/mol. The molecule has 0 saturated carbocycles. The van der Waals surface area contributed by atoms with Gasteiger partial charge in [0.15, 0.2) is 0 Å². The van der Waals surface area contributed by atoms with E-state index in [1.165, 1.54) is 0 Å². The van der Waals surface area contributed by atoms with E-state index in [0.717, 1.165) is 5.69 Å². The minimum Gasteiger partial charge on any atom is -0.497 e. The molecule has 0 aliphatic carbocycles. The third-order valence-electron chi connectivity index (χ3n) is 2.52. The van der Waals surface area contributed by atoms with Crippen LogP contribution in [0, 0.1) is 0 Å². The van der Waals surface area contributed by atoms with Crippen molar-refractivity contribution in [3.05, 3.63) is 18.2 Å². The van der Waals surface area contributed by atoms with Gasteiger partial charge in [-0.2, -0.15) is 0 Å². The van der Waals surface area contributed by atoms with Gasteiger partial charge in [-0.3, -0.25) is 4.79 Å². The maximum absolute atomic E-state index is 11.6. The molecule has 18 heavy (non-hydrogen) atoms. The van der Waals surface area contributed by atoms with Gasteiger partial charge in [-0.05, 0) is 26.0 Å². The molecule has 1 amide bonds. The van der Waals surface area contributed by atoms with Crippen LogP contribution in [0.5, 0.6) is 11.5 Å². The van der Waals surface area contributed by atoms with Crippen LogP contribution in [0.2, 0.25) is 0 Å². The third kappa shape index (κ3) is 3.55. The molecule has 1 aromatic carbocycles. The fraction of sp³-hybridized carbons (Fsp3) is 0.462. The lowest BCUT2D eigenvalue weighted by Crippen LogP contribution is -2.37. The zero-order valence-electron chi connectivity index (χ0n) is 11.2. The van der Waals surface area contributed by atoms with Crippen molar-refractivity contribution in [2.75, 3.05) is 26.1 Å². The molecule has 0 aliphatic rings. The molecule has 1 atom stereocenters. The zero-order valence-corrected chi connectivity index (χ0v) is 11.2. The van der Waals surface area contributed by atoms with Crippen LogP contribution in [-0.2, 0) is 4.79 Å². The van der Waals surface area contributed by atoms with Crippen molar-refractivity contribution in [2.45, 2.75) is 19.9 Å². The first-order valence-electron chi connectivity index (χ1n) is 5.88. The van der Waals surface area contributed by atoms with E-state index in [-0.39, 0.29) is 11.9 Å². The van der Waals surface area contributed by atoms with Gasteiger partial charge in [-0.1, -0.05) is 0 Å². The average Bonchev–Trinajstić information content (AvgIpc) is 2.39. The van der Waals surface area contributed by atoms with Crippen LogP contribution >= 0.6 is 0 Å². The number of ether oxygens (including phenoxy) is 2. The molecule has 0 bridgehead atoms. The molecule has 1 rings (SSSR count). The van der Waals surface area contributed by atoms with Crippen LogP contribution in [0.25, 0.3) is 0 Å². The molecular formula is C13H20N2O3. The molecule has 0 saturated heterocycles. The van der Waals surface area contributed by atoms with Gasteiger partial charge >= 0.3 is 0 Å². The predicted octanol–water partition coefficient (Wildman–Crippen LogP) is 1.64. The maximum Gasteiger partial charge on any atom is 0.242 e. The number of hydrogen-bond acceptors (Lipinski definition) is 4. The zero-order chi connectivity index (χ0) is 13.5.